The first-order valence-corrected chi connectivity index (χ1v) is 14.6. The predicted octanol–water partition coefficient (Wildman–Crippen LogP) is 6.21. The monoisotopic (exact) mass is 615 g/mol. The standard InChI is InChI=1S/C30H36BrF2N5O2/c1-29(2,3)20-8-4-18(5-9-20)19-6-10-21(11-7-19)35-28(39)30(12-14-40-15-13-30)38-17-24(36-37-38)22-16-23(32)25(31)26(33)27(22)34/h4-5,8-9,16-17,19,21H,6-7,10-15,34H2,1-3H3,(H,35,39). The number of carbonyl (C=O) groups is 1. The van der Waals surface area contributed by atoms with Crippen molar-refractivity contribution in [1.29, 1.82) is 0 Å². The van der Waals surface area contributed by atoms with Crippen molar-refractivity contribution >= 4 is 27.5 Å². The van der Waals surface area contributed by atoms with Crippen LogP contribution in [0, 0.1) is 11.6 Å². The molecule has 1 amide bonds. The minimum absolute atomic E-state index is 0.0608. The lowest BCUT2D eigenvalue weighted by Gasteiger charge is -2.38. The summed E-state index contributed by atoms with van der Waals surface area (Å²) in [4.78, 5) is 13.8. The van der Waals surface area contributed by atoms with Crippen LogP contribution in [0.1, 0.15) is 76.3 Å². The number of nitrogens with zero attached hydrogens (tertiary/aromatic N) is 3. The highest BCUT2D eigenvalue weighted by Gasteiger charge is 2.44. The Hall–Kier alpha value is -2.85. The zero-order valence-electron chi connectivity index (χ0n) is 23.1. The van der Waals surface area contributed by atoms with E-state index in [1.807, 2.05) is 0 Å². The van der Waals surface area contributed by atoms with Crippen molar-refractivity contribution in [2.45, 2.75) is 82.2 Å². The molecule has 3 aromatic rings. The summed E-state index contributed by atoms with van der Waals surface area (Å²) in [6.07, 6.45) is 6.15. The summed E-state index contributed by atoms with van der Waals surface area (Å²) in [6, 6.07) is 10.1. The van der Waals surface area contributed by atoms with Crippen molar-refractivity contribution in [2.24, 2.45) is 0 Å². The number of rotatable bonds is 5. The van der Waals surface area contributed by atoms with Crippen molar-refractivity contribution in [3.8, 4) is 11.3 Å². The summed E-state index contributed by atoms with van der Waals surface area (Å²) in [5, 5.41) is 11.7. The average molecular weight is 617 g/mol. The van der Waals surface area contributed by atoms with Crippen LogP contribution in [0.2, 0.25) is 0 Å². The van der Waals surface area contributed by atoms with Crippen LogP contribution in [0.5, 0.6) is 0 Å². The maximum atomic E-state index is 14.4. The Morgan fingerprint density at radius 2 is 1.77 bits per heavy atom. The fraction of sp³-hybridized carbons (Fsp3) is 0.500. The van der Waals surface area contributed by atoms with Gasteiger partial charge in [0.15, 0.2) is 5.82 Å². The molecule has 1 aromatic heterocycles. The van der Waals surface area contributed by atoms with Crippen molar-refractivity contribution in [1.82, 2.24) is 20.3 Å². The molecule has 214 valence electrons. The van der Waals surface area contributed by atoms with Crippen LogP contribution in [0.25, 0.3) is 11.3 Å². The van der Waals surface area contributed by atoms with E-state index >= 15 is 0 Å². The highest BCUT2D eigenvalue weighted by Crippen LogP contribution is 2.37. The van der Waals surface area contributed by atoms with Crippen molar-refractivity contribution in [3.63, 3.8) is 0 Å². The van der Waals surface area contributed by atoms with Gasteiger partial charge >= 0.3 is 0 Å². The van der Waals surface area contributed by atoms with Gasteiger partial charge in [0.1, 0.15) is 17.1 Å². The molecule has 1 saturated carbocycles. The van der Waals surface area contributed by atoms with Gasteiger partial charge in [-0.2, -0.15) is 0 Å². The lowest BCUT2D eigenvalue weighted by Crippen LogP contribution is -2.55. The second-order valence-corrected chi connectivity index (χ2v) is 12.8. The molecule has 0 bridgehead atoms. The molecule has 0 spiro atoms. The van der Waals surface area contributed by atoms with Crippen LogP contribution >= 0.6 is 15.9 Å². The topological polar surface area (TPSA) is 95.1 Å². The van der Waals surface area contributed by atoms with Gasteiger partial charge in [-0.3, -0.25) is 4.79 Å². The van der Waals surface area contributed by atoms with E-state index in [1.54, 1.807) is 6.20 Å². The summed E-state index contributed by atoms with van der Waals surface area (Å²) < 4.78 is 35.4. The molecule has 1 saturated heterocycles. The SMILES string of the molecule is CC(C)(C)c1ccc(C2CCC(NC(=O)C3(n4cc(-c5cc(F)c(Br)c(F)c5N)nn4)CCOCC3)CC2)cc1. The van der Waals surface area contributed by atoms with Gasteiger partial charge in [-0.1, -0.05) is 50.3 Å². The molecule has 0 radical (unpaired) electrons. The third kappa shape index (κ3) is 5.52. The molecule has 5 rings (SSSR count). The van der Waals surface area contributed by atoms with Crippen LogP contribution in [0.3, 0.4) is 0 Å². The van der Waals surface area contributed by atoms with Crippen LogP contribution in [0.4, 0.5) is 14.5 Å². The second-order valence-electron chi connectivity index (χ2n) is 12.0. The first-order chi connectivity index (χ1) is 19.0. The number of ether oxygens (including phenoxy) is 1. The summed E-state index contributed by atoms with van der Waals surface area (Å²) >= 11 is 2.87. The Morgan fingerprint density at radius 3 is 2.40 bits per heavy atom. The first kappa shape index (κ1) is 28.7. The molecular formula is C30H36BrF2N5O2. The average Bonchev–Trinajstić information content (AvgIpc) is 3.45. The van der Waals surface area contributed by atoms with Crippen molar-refractivity contribution < 1.29 is 18.3 Å². The molecule has 1 aliphatic heterocycles. The summed E-state index contributed by atoms with van der Waals surface area (Å²) in [5.74, 6) is -1.35. The van der Waals surface area contributed by atoms with Crippen LogP contribution in [-0.2, 0) is 20.5 Å². The molecule has 2 heterocycles. The maximum absolute atomic E-state index is 14.4. The minimum atomic E-state index is -1.01. The number of hydrogen-bond acceptors (Lipinski definition) is 5. The number of carbonyl (C=O) groups excluding carboxylic acids is 1. The van der Waals surface area contributed by atoms with E-state index in [4.69, 9.17) is 10.5 Å². The van der Waals surface area contributed by atoms with E-state index in [0.29, 0.717) is 32.0 Å². The lowest BCUT2D eigenvalue weighted by atomic mass is 9.79. The molecule has 1 aliphatic carbocycles. The normalized spacial score (nSPS) is 21.2. The van der Waals surface area contributed by atoms with E-state index in [2.05, 4.69) is 76.6 Å². The molecule has 2 aliphatic rings. The molecule has 40 heavy (non-hydrogen) atoms. The number of amides is 1. The minimum Gasteiger partial charge on any atom is -0.396 e. The Kier molecular flexibility index (Phi) is 8.03. The van der Waals surface area contributed by atoms with E-state index in [1.165, 1.54) is 15.8 Å². The Labute approximate surface area is 242 Å². The fourth-order valence-corrected chi connectivity index (χ4v) is 6.16. The second kappa shape index (κ2) is 11.2. The molecule has 7 nitrogen and oxygen atoms in total. The maximum Gasteiger partial charge on any atom is 0.248 e. The smallest absolute Gasteiger partial charge is 0.248 e. The summed E-state index contributed by atoms with van der Waals surface area (Å²) in [5.41, 5.74) is 7.76. The largest absolute Gasteiger partial charge is 0.396 e. The summed E-state index contributed by atoms with van der Waals surface area (Å²) in [6.45, 7) is 7.44. The Morgan fingerprint density at radius 1 is 1.12 bits per heavy atom. The van der Waals surface area contributed by atoms with E-state index < -0.39 is 17.2 Å². The van der Waals surface area contributed by atoms with E-state index in [9.17, 15) is 13.6 Å². The molecule has 0 atom stereocenters. The number of halogens is 3. The number of nitrogen functional groups attached to an aromatic ring is 1. The Bertz CT molecular complexity index is 1370. The molecule has 10 heteroatoms. The third-order valence-electron chi connectivity index (χ3n) is 8.46. The highest BCUT2D eigenvalue weighted by molar-refractivity contribution is 9.10. The first-order valence-electron chi connectivity index (χ1n) is 13.8. The van der Waals surface area contributed by atoms with Crippen molar-refractivity contribution in [3.05, 3.63) is 63.8 Å². The van der Waals surface area contributed by atoms with Crippen LogP contribution in [-0.4, -0.2) is 40.2 Å². The molecular weight excluding hydrogens is 580 g/mol. The molecule has 2 fully saturated rings. The van der Waals surface area contributed by atoms with Gasteiger partial charge in [-0.05, 0) is 70.1 Å². The van der Waals surface area contributed by atoms with Gasteiger partial charge in [-0.15, -0.1) is 5.10 Å². The number of anilines is 1. The highest BCUT2D eigenvalue weighted by atomic mass is 79.9. The van der Waals surface area contributed by atoms with Gasteiger partial charge in [-0.25, -0.2) is 13.5 Å². The number of nitrogens with two attached hydrogens (primary N) is 1. The molecule has 3 N–H and O–H groups in total. The van der Waals surface area contributed by atoms with E-state index in [0.717, 1.165) is 31.7 Å². The number of nitrogens with one attached hydrogen (secondary N) is 1. The van der Waals surface area contributed by atoms with Crippen LogP contribution < -0.4 is 11.1 Å². The predicted molar refractivity (Wildman–Crippen MR) is 154 cm³/mol. The third-order valence-corrected chi connectivity index (χ3v) is 9.19. The van der Waals surface area contributed by atoms with Gasteiger partial charge < -0.3 is 15.8 Å². The lowest BCUT2D eigenvalue weighted by molar-refractivity contribution is -0.137. The number of benzene rings is 2. The van der Waals surface area contributed by atoms with Gasteiger partial charge in [0.2, 0.25) is 5.91 Å². The summed E-state index contributed by atoms with van der Waals surface area (Å²) in [7, 11) is 0. The molecule has 2 aromatic carbocycles. The fourth-order valence-electron chi connectivity index (χ4n) is 5.83. The van der Waals surface area contributed by atoms with Gasteiger partial charge in [0, 0.05) is 37.7 Å². The van der Waals surface area contributed by atoms with Gasteiger partial charge in [0.25, 0.3) is 0 Å². The Balaban J connectivity index is 1.30. The zero-order valence-corrected chi connectivity index (χ0v) is 24.7. The van der Waals surface area contributed by atoms with Gasteiger partial charge in [0.05, 0.1) is 16.4 Å². The van der Waals surface area contributed by atoms with E-state index in [-0.39, 0.29) is 38.8 Å². The number of hydrogen-bond donors (Lipinski definition) is 2. The van der Waals surface area contributed by atoms with Crippen LogP contribution in [0.15, 0.2) is 41.0 Å². The van der Waals surface area contributed by atoms with Crippen molar-refractivity contribution in [2.75, 3.05) is 18.9 Å². The molecule has 0 unspecified atom stereocenters. The zero-order chi connectivity index (χ0) is 28.7. The quantitative estimate of drug-likeness (QED) is 0.263. The number of aromatic nitrogens is 3.